The van der Waals surface area contributed by atoms with E-state index < -0.39 is 5.97 Å². The molecule has 3 rings (SSSR count). The summed E-state index contributed by atoms with van der Waals surface area (Å²) in [5.41, 5.74) is 4.12. The third-order valence-electron chi connectivity index (χ3n) is 4.23. The van der Waals surface area contributed by atoms with Crippen molar-refractivity contribution in [3.63, 3.8) is 0 Å². The summed E-state index contributed by atoms with van der Waals surface area (Å²) in [6.07, 6.45) is 7.51. The number of esters is 1. The largest absolute Gasteiger partial charge is 0.454 e. The molecular weight excluding hydrogens is 300 g/mol. The van der Waals surface area contributed by atoms with Crippen LogP contribution in [0.5, 0.6) is 0 Å². The Morgan fingerprint density at radius 2 is 1.71 bits per heavy atom. The van der Waals surface area contributed by atoms with E-state index in [0.717, 1.165) is 18.4 Å². The molecule has 122 valence electrons. The Morgan fingerprint density at radius 3 is 2.50 bits per heavy atom. The van der Waals surface area contributed by atoms with E-state index in [9.17, 15) is 9.59 Å². The van der Waals surface area contributed by atoms with Gasteiger partial charge in [0.25, 0.3) is 0 Å². The van der Waals surface area contributed by atoms with Crippen LogP contribution >= 0.6 is 0 Å². The minimum atomic E-state index is -0.509. The Hall–Kier alpha value is -2.68. The summed E-state index contributed by atoms with van der Waals surface area (Å²) in [5.74, 6) is -0.671. The van der Waals surface area contributed by atoms with Gasteiger partial charge in [0.1, 0.15) is 0 Å². The van der Waals surface area contributed by atoms with Gasteiger partial charge in [-0.05, 0) is 54.5 Å². The van der Waals surface area contributed by atoms with Crippen LogP contribution in [0.2, 0.25) is 0 Å². The van der Waals surface area contributed by atoms with E-state index in [0.29, 0.717) is 5.56 Å². The van der Waals surface area contributed by atoms with E-state index in [-0.39, 0.29) is 12.4 Å². The topological polar surface area (TPSA) is 43.4 Å². The predicted molar refractivity (Wildman–Crippen MR) is 93.8 cm³/mol. The summed E-state index contributed by atoms with van der Waals surface area (Å²) in [4.78, 5) is 23.9. The van der Waals surface area contributed by atoms with Crippen LogP contribution < -0.4 is 0 Å². The lowest BCUT2D eigenvalue weighted by molar-refractivity contribution is -0.136. The number of Topliss-reactive ketones (excluding diaryl/α,β-unsaturated/α-hetero) is 1. The number of ketones is 1. The molecule has 0 aliphatic heterocycles. The zero-order chi connectivity index (χ0) is 16.8. The summed E-state index contributed by atoms with van der Waals surface area (Å²) in [7, 11) is 0. The maximum Gasteiger partial charge on any atom is 0.331 e. The van der Waals surface area contributed by atoms with Gasteiger partial charge < -0.3 is 4.74 Å². The monoisotopic (exact) mass is 320 g/mol. The zero-order valence-electron chi connectivity index (χ0n) is 13.5. The van der Waals surface area contributed by atoms with Gasteiger partial charge in [-0.25, -0.2) is 4.79 Å². The van der Waals surface area contributed by atoms with Crippen molar-refractivity contribution >= 4 is 17.8 Å². The average Bonchev–Trinajstić information content (AvgIpc) is 2.65. The van der Waals surface area contributed by atoms with Gasteiger partial charge in [0, 0.05) is 11.6 Å². The van der Waals surface area contributed by atoms with Gasteiger partial charge >= 0.3 is 5.97 Å². The van der Waals surface area contributed by atoms with Gasteiger partial charge in [0.05, 0.1) is 0 Å². The number of ether oxygens (including phenoxy) is 1. The molecule has 0 unspecified atom stereocenters. The highest BCUT2D eigenvalue weighted by atomic mass is 16.5. The molecule has 0 heterocycles. The highest BCUT2D eigenvalue weighted by Gasteiger charge is 2.13. The number of fused-ring (bicyclic) bond motifs is 1. The van der Waals surface area contributed by atoms with E-state index in [1.165, 1.54) is 30.0 Å². The molecule has 24 heavy (non-hydrogen) atoms. The first kappa shape index (κ1) is 16.2. The van der Waals surface area contributed by atoms with Crippen molar-refractivity contribution in [1.29, 1.82) is 0 Å². The first-order valence-electron chi connectivity index (χ1n) is 8.27. The maximum absolute atomic E-state index is 12.2. The minimum Gasteiger partial charge on any atom is -0.454 e. The molecule has 0 saturated heterocycles. The number of carbonyl (C=O) groups excluding carboxylic acids is 2. The van der Waals surface area contributed by atoms with Crippen molar-refractivity contribution < 1.29 is 14.3 Å². The molecule has 0 N–H and O–H groups in total. The summed E-state index contributed by atoms with van der Waals surface area (Å²) in [6.45, 7) is -0.225. The molecule has 0 aromatic heterocycles. The third kappa shape index (κ3) is 4.19. The summed E-state index contributed by atoms with van der Waals surface area (Å²) >= 11 is 0. The Labute approximate surface area is 142 Å². The van der Waals surface area contributed by atoms with E-state index in [2.05, 4.69) is 0 Å². The summed E-state index contributed by atoms with van der Waals surface area (Å²) in [6, 6.07) is 15.3. The minimum absolute atomic E-state index is 0.162. The Morgan fingerprint density at radius 1 is 0.958 bits per heavy atom. The molecule has 0 amide bonds. The van der Waals surface area contributed by atoms with Gasteiger partial charge in [-0.1, -0.05) is 42.5 Å². The van der Waals surface area contributed by atoms with Gasteiger partial charge in [-0.2, -0.15) is 0 Å². The van der Waals surface area contributed by atoms with Gasteiger partial charge in [0.15, 0.2) is 12.4 Å². The van der Waals surface area contributed by atoms with Crippen molar-refractivity contribution in [1.82, 2.24) is 0 Å². The van der Waals surface area contributed by atoms with Gasteiger partial charge in [0.2, 0.25) is 0 Å². The SMILES string of the molecule is O=C(/C=C/c1ccccc1)OCC(=O)c1ccc2c(c1)CCCC2. The fourth-order valence-corrected chi connectivity index (χ4v) is 2.90. The fourth-order valence-electron chi connectivity index (χ4n) is 2.90. The summed E-state index contributed by atoms with van der Waals surface area (Å²) in [5, 5.41) is 0. The number of rotatable bonds is 5. The summed E-state index contributed by atoms with van der Waals surface area (Å²) < 4.78 is 5.05. The zero-order valence-corrected chi connectivity index (χ0v) is 13.5. The lowest BCUT2D eigenvalue weighted by Gasteiger charge is -2.16. The highest BCUT2D eigenvalue weighted by molar-refractivity contribution is 5.99. The van der Waals surface area contributed by atoms with Crippen LogP contribution in [0.4, 0.5) is 0 Å². The van der Waals surface area contributed by atoms with Crippen molar-refractivity contribution in [2.24, 2.45) is 0 Å². The number of carbonyl (C=O) groups is 2. The lowest BCUT2D eigenvalue weighted by atomic mass is 9.90. The fraction of sp³-hybridized carbons (Fsp3) is 0.238. The standard InChI is InChI=1S/C21H20O3/c22-20(19-12-11-17-8-4-5-9-18(17)14-19)15-24-21(23)13-10-16-6-2-1-3-7-16/h1-3,6-7,10-14H,4-5,8-9,15H2/b13-10+. The quantitative estimate of drug-likeness (QED) is 0.475. The van der Waals surface area contributed by atoms with Crippen molar-refractivity contribution in [3.05, 3.63) is 76.9 Å². The average molecular weight is 320 g/mol. The smallest absolute Gasteiger partial charge is 0.331 e. The second kappa shape index (κ2) is 7.73. The molecule has 2 aromatic carbocycles. The first-order chi connectivity index (χ1) is 11.7. The molecule has 1 aliphatic carbocycles. The molecule has 2 aromatic rings. The van der Waals surface area contributed by atoms with Crippen molar-refractivity contribution in [2.75, 3.05) is 6.61 Å². The molecule has 0 atom stereocenters. The molecule has 0 spiro atoms. The maximum atomic E-state index is 12.2. The van der Waals surface area contributed by atoms with E-state index in [1.54, 1.807) is 6.08 Å². The van der Waals surface area contributed by atoms with E-state index in [4.69, 9.17) is 4.74 Å². The molecule has 0 radical (unpaired) electrons. The van der Waals surface area contributed by atoms with Crippen LogP contribution in [-0.2, 0) is 22.4 Å². The molecule has 3 nitrogen and oxygen atoms in total. The lowest BCUT2D eigenvalue weighted by Crippen LogP contribution is -2.13. The van der Waals surface area contributed by atoms with Crippen LogP contribution in [0.1, 0.15) is 39.9 Å². The van der Waals surface area contributed by atoms with Crippen LogP contribution in [0.3, 0.4) is 0 Å². The molecule has 0 fully saturated rings. The van der Waals surface area contributed by atoms with Crippen LogP contribution in [0.25, 0.3) is 6.08 Å². The number of benzene rings is 2. The Bertz CT molecular complexity index is 760. The Kier molecular flexibility index (Phi) is 5.22. The molecule has 0 saturated carbocycles. The Balaban J connectivity index is 1.55. The normalized spacial score (nSPS) is 13.5. The second-order valence-electron chi connectivity index (χ2n) is 5.97. The van der Waals surface area contributed by atoms with Crippen LogP contribution in [0.15, 0.2) is 54.6 Å². The van der Waals surface area contributed by atoms with E-state index >= 15 is 0 Å². The number of hydrogen-bond donors (Lipinski definition) is 0. The van der Waals surface area contributed by atoms with Gasteiger partial charge in [-0.3, -0.25) is 4.79 Å². The second-order valence-corrected chi connectivity index (χ2v) is 5.97. The highest BCUT2D eigenvalue weighted by Crippen LogP contribution is 2.22. The van der Waals surface area contributed by atoms with Crippen LogP contribution in [0, 0.1) is 0 Å². The van der Waals surface area contributed by atoms with E-state index in [1.807, 2.05) is 48.5 Å². The predicted octanol–water partition coefficient (Wildman–Crippen LogP) is 4.00. The van der Waals surface area contributed by atoms with Crippen LogP contribution in [-0.4, -0.2) is 18.4 Å². The molecular formula is C21H20O3. The van der Waals surface area contributed by atoms with Crippen molar-refractivity contribution in [2.45, 2.75) is 25.7 Å². The molecule has 0 bridgehead atoms. The molecule has 3 heteroatoms. The third-order valence-corrected chi connectivity index (χ3v) is 4.23. The van der Waals surface area contributed by atoms with Gasteiger partial charge in [-0.15, -0.1) is 0 Å². The molecule has 1 aliphatic rings. The first-order valence-corrected chi connectivity index (χ1v) is 8.27. The number of hydrogen-bond acceptors (Lipinski definition) is 3. The van der Waals surface area contributed by atoms with Crippen molar-refractivity contribution in [3.8, 4) is 0 Å². The number of aryl methyl sites for hydroxylation is 2.